The monoisotopic (exact) mass is 270 g/mol. The van der Waals surface area contributed by atoms with Gasteiger partial charge >= 0.3 is 0 Å². The molecular weight excluding hydrogens is 256 g/mol. The van der Waals surface area contributed by atoms with Crippen LogP contribution in [-0.2, 0) is 6.54 Å². The van der Waals surface area contributed by atoms with Crippen molar-refractivity contribution in [2.45, 2.75) is 11.4 Å². The zero-order chi connectivity index (χ0) is 13.4. The Morgan fingerprint density at radius 1 is 1.21 bits per heavy atom. The number of amides is 1. The van der Waals surface area contributed by atoms with Crippen LogP contribution in [0.3, 0.4) is 0 Å². The number of hydrogen-bond acceptors (Lipinski definition) is 3. The molecule has 0 radical (unpaired) electrons. The summed E-state index contributed by atoms with van der Waals surface area (Å²) in [6.45, 7) is 0.617. The van der Waals surface area contributed by atoms with Gasteiger partial charge in [-0.2, -0.15) is 0 Å². The molecule has 3 nitrogen and oxygen atoms in total. The Bertz CT molecular complexity index is 654. The van der Waals surface area contributed by atoms with Gasteiger partial charge in [0.1, 0.15) is 0 Å². The van der Waals surface area contributed by atoms with Crippen LogP contribution in [-0.4, -0.2) is 12.2 Å². The minimum absolute atomic E-state index is 0.0283. The van der Waals surface area contributed by atoms with Gasteiger partial charge in [-0.05, 0) is 42.2 Å². The number of benzene rings is 2. The molecule has 3 rings (SSSR count). The first kappa shape index (κ1) is 12.1. The molecule has 96 valence electrons. The summed E-state index contributed by atoms with van der Waals surface area (Å²) < 4.78 is 0. The normalized spacial score (nSPS) is 13.7. The van der Waals surface area contributed by atoms with Gasteiger partial charge in [-0.25, -0.2) is 0 Å². The van der Waals surface area contributed by atoms with Crippen molar-refractivity contribution in [3.8, 4) is 0 Å². The molecule has 2 aromatic carbocycles. The molecule has 4 heteroatoms. The van der Waals surface area contributed by atoms with Crippen LogP contribution in [0.5, 0.6) is 0 Å². The van der Waals surface area contributed by atoms with E-state index in [1.165, 1.54) is 0 Å². The van der Waals surface area contributed by atoms with Crippen molar-refractivity contribution in [2.24, 2.45) is 0 Å². The lowest BCUT2D eigenvalue weighted by molar-refractivity contribution is 0.0996. The molecule has 0 spiro atoms. The number of anilines is 2. The van der Waals surface area contributed by atoms with Crippen LogP contribution < -0.4 is 10.6 Å². The average Bonchev–Trinajstić information content (AvgIpc) is 2.76. The van der Waals surface area contributed by atoms with Gasteiger partial charge in [0.05, 0.1) is 6.54 Å². The summed E-state index contributed by atoms with van der Waals surface area (Å²) in [7, 11) is 0. The van der Waals surface area contributed by atoms with E-state index in [9.17, 15) is 4.79 Å². The number of fused-ring (bicyclic) bond motifs is 1. The summed E-state index contributed by atoms with van der Waals surface area (Å²) in [6, 6.07) is 13.6. The van der Waals surface area contributed by atoms with Gasteiger partial charge in [0.2, 0.25) is 0 Å². The zero-order valence-corrected chi connectivity index (χ0v) is 11.4. The molecule has 1 aliphatic heterocycles. The van der Waals surface area contributed by atoms with Gasteiger partial charge in [-0.1, -0.05) is 12.1 Å². The molecule has 1 aliphatic rings. The maximum Gasteiger partial charge on any atom is 0.259 e. The van der Waals surface area contributed by atoms with Gasteiger partial charge in [0.15, 0.2) is 0 Å². The molecule has 0 unspecified atom stereocenters. The number of rotatable bonds is 2. The Morgan fingerprint density at radius 2 is 2.05 bits per heavy atom. The van der Waals surface area contributed by atoms with Crippen molar-refractivity contribution in [2.75, 3.05) is 16.9 Å². The Hall–Kier alpha value is -1.94. The number of carbonyl (C=O) groups excluding carboxylic acids is 1. The Morgan fingerprint density at radius 3 is 2.84 bits per heavy atom. The summed E-state index contributed by atoms with van der Waals surface area (Å²) in [5.74, 6) is 0.0283. The number of nitrogen functional groups attached to an aromatic ring is 1. The van der Waals surface area contributed by atoms with Gasteiger partial charge in [0.25, 0.3) is 5.91 Å². The van der Waals surface area contributed by atoms with E-state index in [0.29, 0.717) is 12.2 Å². The maximum atomic E-state index is 12.4. The largest absolute Gasteiger partial charge is 0.399 e. The molecule has 19 heavy (non-hydrogen) atoms. The smallest absolute Gasteiger partial charge is 0.259 e. The van der Waals surface area contributed by atoms with Crippen LogP contribution in [0.15, 0.2) is 47.4 Å². The van der Waals surface area contributed by atoms with Gasteiger partial charge in [-0.15, -0.1) is 11.8 Å². The summed E-state index contributed by atoms with van der Waals surface area (Å²) in [4.78, 5) is 15.4. The Labute approximate surface area is 116 Å². The summed E-state index contributed by atoms with van der Waals surface area (Å²) in [6.07, 6.45) is 2.03. The van der Waals surface area contributed by atoms with Crippen LogP contribution in [0, 0.1) is 0 Å². The molecule has 0 saturated carbocycles. The van der Waals surface area contributed by atoms with E-state index < -0.39 is 0 Å². The molecule has 1 amide bonds. The van der Waals surface area contributed by atoms with E-state index >= 15 is 0 Å². The minimum atomic E-state index is 0.0283. The van der Waals surface area contributed by atoms with Gasteiger partial charge < -0.3 is 10.6 Å². The lowest BCUT2D eigenvalue weighted by Gasteiger charge is -2.16. The minimum Gasteiger partial charge on any atom is -0.399 e. The van der Waals surface area contributed by atoms with E-state index in [4.69, 9.17) is 5.73 Å². The number of hydrogen-bond donors (Lipinski definition) is 1. The number of nitrogens with two attached hydrogens (primary N) is 1. The highest BCUT2D eigenvalue weighted by Crippen LogP contribution is 2.31. The fourth-order valence-corrected chi connectivity index (χ4v) is 2.76. The summed E-state index contributed by atoms with van der Waals surface area (Å²) in [5.41, 5.74) is 9.07. The summed E-state index contributed by atoms with van der Waals surface area (Å²) >= 11 is 1.67. The SMILES string of the molecule is CSc1cccc(N2Cc3ccc(N)cc3C2=O)c1. The third-order valence-electron chi connectivity index (χ3n) is 3.30. The first-order chi connectivity index (χ1) is 9.19. The second-order valence-corrected chi connectivity index (χ2v) is 5.39. The standard InChI is InChI=1S/C15H14N2OS/c1-19-13-4-2-3-12(8-13)17-9-10-5-6-11(16)7-14(10)15(17)18/h2-8H,9,16H2,1H3. The van der Waals surface area contributed by atoms with Gasteiger partial charge in [0, 0.05) is 21.8 Å². The highest BCUT2D eigenvalue weighted by atomic mass is 32.2. The molecule has 0 saturated heterocycles. The molecule has 0 fully saturated rings. The molecule has 1 heterocycles. The molecule has 0 aromatic heterocycles. The van der Waals surface area contributed by atoms with Crippen molar-refractivity contribution < 1.29 is 4.79 Å². The molecule has 0 bridgehead atoms. The van der Waals surface area contributed by atoms with E-state index in [2.05, 4.69) is 0 Å². The molecular formula is C15H14N2OS. The van der Waals surface area contributed by atoms with E-state index in [1.807, 2.05) is 42.7 Å². The van der Waals surface area contributed by atoms with Crippen LogP contribution in [0.2, 0.25) is 0 Å². The fraction of sp³-hybridized carbons (Fsp3) is 0.133. The third kappa shape index (κ3) is 2.08. The zero-order valence-electron chi connectivity index (χ0n) is 10.6. The summed E-state index contributed by atoms with van der Waals surface area (Å²) in [5, 5.41) is 0. The van der Waals surface area contributed by atoms with E-state index in [0.717, 1.165) is 21.7 Å². The van der Waals surface area contributed by atoms with Crippen molar-refractivity contribution in [3.63, 3.8) is 0 Å². The van der Waals surface area contributed by atoms with Crippen LogP contribution in [0.1, 0.15) is 15.9 Å². The van der Waals surface area contributed by atoms with Crippen LogP contribution in [0.25, 0.3) is 0 Å². The molecule has 0 atom stereocenters. The van der Waals surface area contributed by atoms with Crippen LogP contribution >= 0.6 is 11.8 Å². The van der Waals surface area contributed by atoms with Crippen molar-refractivity contribution >= 4 is 29.0 Å². The van der Waals surface area contributed by atoms with Crippen molar-refractivity contribution in [3.05, 3.63) is 53.6 Å². The maximum absolute atomic E-state index is 12.4. The molecule has 2 aromatic rings. The highest BCUT2D eigenvalue weighted by Gasteiger charge is 2.28. The Kier molecular flexibility index (Phi) is 2.95. The first-order valence-electron chi connectivity index (χ1n) is 6.03. The number of nitrogens with zero attached hydrogens (tertiary/aromatic N) is 1. The van der Waals surface area contributed by atoms with E-state index in [1.54, 1.807) is 22.7 Å². The molecule has 0 aliphatic carbocycles. The first-order valence-corrected chi connectivity index (χ1v) is 7.26. The van der Waals surface area contributed by atoms with Crippen molar-refractivity contribution in [1.82, 2.24) is 0 Å². The second kappa shape index (κ2) is 4.63. The number of carbonyl (C=O) groups is 1. The average molecular weight is 270 g/mol. The van der Waals surface area contributed by atoms with Crippen LogP contribution in [0.4, 0.5) is 11.4 Å². The third-order valence-corrected chi connectivity index (χ3v) is 4.03. The van der Waals surface area contributed by atoms with Crippen molar-refractivity contribution in [1.29, 1.82) is 0 Å². The predicted molar refractivity (Wildman–Crippen MR) is 79.6 cm³/mol. The highest BCUT2D eigenvalue weighted by molar-refractivity contribution is 7.98. The fourth-order valence-electron chi connectivity index (χ4n) is 2.31. The van der Waals surface area contributed by atoms with Gasteiger partial charge in [-0.3, -0.25) is 4.79 Å². The lowest BCUT2D eigenvalue weighted by Crippen LogP contribution is -2.22. The second-order valence-electron chi connectivity index (χ2n) is 4.51. The molecule has 2 N–H and O–H groups in total. The quantitative estimate of drug-likeness (QED) is 0.673. The number of thioether (sulfide) groups is 1. The van der Waals surface area contributed by atoms with E-state index in [-0.39, 0.29) is 5.91 Å². The lowest BCUT2D eigenvalue weighted by atomic mass is 10.1. The Balaban J connectivity index is 1.99. The topological polar surface area (TPSA) is 46.3 Å². The predicted octanol–water partition coefficient (Wildman–Crippen LogP) is 3.15.